The summed E-state index contributed by atoms with van der Waals surface area (Å²) in [6.07, 6.45) is 0.797. The molecule has 1 heterocycles. The van der Waals surface area contributed by atoms with Crippen LogP contribution in [-0.2, 0) is 19.6 Å². The molecule has 0 N–H and O–H groups in total. The number of halogens is 2. The van der Waals surface area contributed by atoms with Crippen LogP contribution in [0.1, 0.15) is 16.8 Å². The lowest BCUT2D eigenvalue weighted by atomic mass is 10.1. The number of sulfonamides is 1. The van der Waals surface area contributed by atoms with Gasteiger partial charge in [0, 0.05) is 24.3 Å². The summed E-state index contributed by atoms with van der Waals surface area (Å²) in [6.45, 7) is 1.10. The van der Waals surface area contributed by atoms with Gasteiger partial charge in [0.1, 0.15) is 12.1 Å². The van der Waals surface area contributed by atoms with Crippen molar-refractivity contribution in [3.63, 3.8) is 0 Å². The van der Waals surface area contributed by atoms with E-state index >= 15 is 0 Å². The number of aldehydes is 1. The molecular weight excluding hydrogens is 365 g/mol. The lowest BCUT2D eigenvalue weighted by molar-refractivity contribution is -0.107. The number of ether oxygens (including phenoxy) is 1. The summed E-state index contributed by atoms with van der Waals surface area (Å²) in [5.74, 6) is -0.628. The van der Waals surface area contributed by atoms with Crippen LogP contribution in [0.5, 0.6) is 0 Å². The van der Waals surface area contributed by atoms with Crippen LogP contribution in [0.15, 0.2) is 23.1 Å². The van der Waals surface area contributed by atoms with Gasteiger partial charge in [0.05, 0.1) is 18.1 Å². The fourth-order valence-corrected chi connectivity index (χ4v) is 4.51. The topological polar surface area (TPSA) is 63.7 Å². The number of morpholine rings is 1. The van der Waals surface area contributed by atoms with E-state index in [1.807, 2.05) is 0 Å². The molecule has 0 bridgehead atoms. The normalized spacial score (nSPS) is 18.4. The average molecular weight is 380 g/mol. The fourth-order valence-electron chi connectivity index (χ4n) is 2.13. The maximum absolute atomic E-state index is 13.5. The molecule has 0 aromatic heterocycles. The van der Waals surface area contributed by atoms with Gasteiger partial charge in [-0.05, 0) is 17.7 Å². The lowest BCUT2D eigenvalue weighted by Gasteiger charge is -2.27. The van der Waals surface area contributed by atoms with Gasteiger partial charge in [-0.3, -0.25) is 0 Å². The van der Waals surface area contributed by atoms with E-state index in [1.54, 1.807) is 0 Å². The zero-order valence-corrected chi connectivity index (χ0v) is 13.6. The Labute approximate surface area is 131 Å². The summed E-state index contributed by atoms with van der Waals surface area (Å²) in [5.41, 5.74) is 0.384. The zero-order valence-electron chi connectivity index (χ0n) is 11.2. The van der Waals surface area contributed by atoms with Gasteiger partial charge in [0.15, 0.2) is 0 Å². The van der Waals surface area contributed by atoms with Crippen molar-refractivity contribution in [3.8, 4) is 0 Å². The van der Waals surface area contributed by atoms with Crippen molar-refractivity contribution in [2.75, 3.05) is 26.3 Å². The highest BCUT2D eigenvalue weighted by molar-refractivity contribution is 9.09. The van der Waals surface area contributed by atoms with Gasteiger partial charge < -0.3 is 9.53 Å². The molecule has 1 aliphatic rings. The van der Waals surface area contributed by atoms with E-state index in [-0.39, 0.29) is 24.4 Å². The summed E-state index contributed by atoms with van der Waals surface area (Å²) in [7, 11) is -3.81. The van der Waals surface area contributed by atoms with E-state index in [4.69, 9.17) is 4.74 Å². The number of hydrogen-bond donors (Lipinski definition) is 0. The molecule has 1 aliphatic heterocycles. The standard InChI is InChI=1S/C13H15BrFNO4S/c14-12(3-6-17)11-2-1-10(15)9-13(11)21(18,19)16-4-7-20-8-5-16/h1-2,6,9,12H,3-5,7-8H2. The summed E-state index contributed by atoms with van der Waals surface area (Å²) >= 11 is 3.28. The van der Waals surface area contributed by atoms with Crippen LogP contribution in [0.4, 0.5) is 4.39 Å². The first-order valence-electron chi connectivity index (χ1n) is 6.42. The van der Waals surface area contributed by atoms with Gasteiger partial charge in [-0.25, -0.2) is 12.8 Å². The number of benzene rings is 1. The minimum atomic E-state index is -3.81. The van der Waals surface area contributed by atoms with Crippen LogP contribution in [0.25, 0.3) is 0 Å². The van der Waals surface area contributed by atoms with Crippen LogP contribution in [0.2, 0.25) is 0 Å². The molecule has 0 spiro atoms. The molecule has 21 heavy (non-hydrogen) atoms. The van der Waals surface area contributed by atoms with Crippen LogP contribution in [-0.4, -0.2) is 45.3 Å². The number of hydrogen-bond acceptors (Lipinski definition) is 4. The molecule has 2 rings (SSSR count). The molecule has 1 aromatic carbocycles. The molecule has 0 aliphatic carbocycles. The Bertz CT molecular complexity index is 617. The highest BCUT2D eigenvalue weighted by Crippen LogP contribution is 2.33. The third kappa shape index (κ3) is 3.68. The fraction of sp³-hybridized carbons (Fsp3) is 0.462. The Kier molecular flexibility index (Phi) is 5.48. The number of rotatable bonds is 5. The largest absolute Gasteiger partial charge is 0.379 e. The minimum absolute atomic E-state index is 0.104. The van der Waals surface area contributed by atoms with Crippen LogP contribution in [0.3, 0.4) is 0 Å². The number of alkyl halides is 1. The van der Waals surface area contributed by atoms with Gasteiger partial charge in [0.25, 0.3) is 0 Å². The Morgan fingerprint density at radius 1 is 1.38 bits per heavy atom. The molecule has 0 saturated carbocycles. The van der Waals surface area contributed by atoms with Gasteiger partial charge in [-0.2, -0.15) is 4.31 Å². The van der Waals surface area contributed by atoms with E-state index in [0.29, 0.717) is 25.1 Å². The van der Waals surface area contributed by atoms with Crippen LogP contribution < -0.4 is 0 Å². The molecule has 8 heteroatoms. The van der Waals surface area contributed by atoms with Crippen molar-refractivity contribution in [1.29, 1.82) is 0 Å². The van der Waals surface area contributed by atoms with E-state index in [2.05, 4.69) is 15.9 Å². The quantitative estimate of drug-likeness (QED) is 0.578. The van der Waals surface area contributed by atoms with Crippen molar-refractivity contribution in [1.82, 2.24) is 4.31 Å². The second kappa shape index (κ2) is 6.95. The minimum Gasteiger partial charge on any atom is -0.379 e. The van der Waals surface area contributed by atoms with E-state index in [0.717, 1.165) is 6.07 Å². The Morgan fingerprint density at radius 2 is 2.05 bits per heavy atom. The average Bonchev–Trinajstić information content (AvgIpc) is 2.48. The molecular formula is C13H15BrFNO4S. The summed E-state index contributed by atoms with van der Waals surface area (Å²) in [4.78, 5) is 10.1. The second-order valence-corrected chi connectivity index (χ2v) is 7.58. The van der Waals surface area contributed by atoms with Gasteiger partial charge in [0.2, 0.25) is 10.0 Å². The first-order chi connectivity index (χ1) is 9.96. The van der Waals surface area contributed by atoms with E-state index in [1.165, 1.54) is 16.4 Å². The van der Waals surface area contributed by atoms with Gasteiger partial charge in [-0.1, -0.05) is 22.0 Å². The SMILES string of the molecule is O=CCC(Br)c1ccc(F)cc1S(=O)(=O)N1CCOCC1. The number of carbonyl (C=O) groups is 1. The van der Waals surface area contributed by atoms with Gasteiger partial charge >= 0.3 is 0 Å². The third-order valence-corrected chi connectivity index (χ3v) is 6.03. The Morgan fingerprint density at radius 3 is 2.67 bits per heavy atom. The lowest BCUT2D eigenvalue weighted by Crippen LogP contribution is -2.41. The summed E-state index contributed by atoms with van der Waals surface area (Å²) in [6, 6.07) is 3.58. The Hall–Kier alpha value is -0.830. The molecule has 1 aromatic rings. The van der Waals surface area contributed by atoms with E-state index < -0.39 is 20.7 Å². The smallest absolute Gasteiger partial charge is 0.243 e. The van der Waals surface area contributed by atoms with E-state index in [9.17, 15) is 17.6 Å². The molecule has 1 fully saturated rings. The monoisotopic (exact) mass is 379 g/mol. The highest BCUT2D eigenvalue weighted by atomic mass is 79.9. The van der Waals surface area contributed by atoms with Crippen molar-refractivity contribution in [2.45, 2.75) is 16.1 Å². The number of carbonyl (C=O) groups excluding carboxylic acids is 1. The van der Waals surface area contributed by atoms with Crippen molar-refractivity contribution in [3.05, 3.63) is 29.6 Å². The third-order valence-electron chi connectivity index (χ3n) is 3.20. The molecule has 116 valence electrons. The van der Waals surface area contributed by atoms with Crippen molar-refractivity contribution >= 4 is 32.2 Å². The Balaban J connectivity index is 2.45. The maximum Gasteiger partial charge on any atom is 0.243 e. The summed E-state index contributed by atoms with van der Waals surface area (Å²) in [5, 5.41) is 0. The molecule has 5 nitrogen and oxygen atoms in total. The maximum atomic E-state index is 13.5. The van der Waals surface area contributed by atoms with Gasteiger partial charge in [-0.15, -0.1) is 0 Å². The summed E-state index contributed by atoms with van der Waals surface area (Å²) < 4.78 is 45.2. The van der Waals surface area contributed by atoms with Crippen molar-refractivity contribution in [2.24, 2.45) is 0 Å². The predicted molar refractivity (Wildman–Crippen MR) is 78.3 cm³/mol. The van der Waals surface area contributed by atoms with Crippen LogP contribution >= 0.6 is 15.9 Å². The van der Waals surface area contributed by atoms with Crippen molar-refractivity contribution < 1.29 is 22.3 Å². The predicted octanol–water partition coefficient (Wildman–Crippen LogP) is 1.87. The number of nitrogens with zero attached hydrogens (tertiary/aromatic N) is 1. The molecule has 1 atom stereocenters. The molecule has 1 unspecified atom stereocenters. The molecule has 0 radical (unpaired) electrons. The molecule has 1 saturated heterocycles. The molecule has 0 amide bonds. The highest BCUT2D eigenvalue weighted by Gasteiger charge is 2.30. The first-order valence-corrected chi connectivity index (χ1v) is 8.77. The zero-order chi connectivity index (χ0) is 15.5. The first kappa shape index (κ1) is 16.5. The second-order valence-electron chi connectivity index (χ2n) is 4.57. The van der Waals surface area contributed by atoms with Crippen LogP contribution in [0, 0.1) is 5.82 Å².